The summed E-state index contributed by atoms with van der Waals surface area (Å²) in [5.41, 5.74) is 4.08. The second-order valence-electron chi connectivity index (χ2n) is 5.60. The first-order valence-electron chi connectivity index (χ1n) is 6.99. The molecule has 2 aromatic rings. The standard InChI is InChI=1S/C16H21N3/c1-12-3-5-13(6-4-12)14-9-15(10-14)17-11-16-7-8-18-19(16)2/h3-8,14-15,17H,9-11H2,1-2H3. The van der Waals surface area contributed by atoms with E-state index in [1.54, 1.807) is 0 Å². The van der Waals surface area contributed by atoms with E-state index < -0.39 is 0 Å². The van der Waals surface area contributed by atoms with E-state index in [0.717, 1.165) is 12.5 Å². The summed E-state index contributed by atoms with van der Waals surface area (Å²) in [5, 5.41) is 7.80. The molecule has 1 saturated carbocycles. The van der Waals surface area contributed by atoms with Crippen LogP contribution in [-0.4, -0.2) is 15.8 Å². The molecule has 1 fully saturated rings. The monoisotopic (exact) mass is 255 g/mol. The van der Waals surface area contributed by atoms with Gasteiger partial charge in [-0.2, -0.15) is 5.10 Å². The summed E-state index contributed by atoms with van der Waals surface area (Å²) in [6, 6.07) is 11.7. The highest BCUT2D eigenvalue weighted by Gasteiger charge is 2.29. The molecule has 3 rings (SSSR count). The van der Waals surface area contributed by atoms with Crippen LogP contribution in [0.1, 0.15) is 35.6 Å². The van der Waals surface area contributed by atoms with Gasteiger partial charge in [-0.1, -0.05) is 29.8 Å². The molecule has 0 radical (unpaired) electrons. The number of nitrogens with one attached hydrogen (secondary N) is 1. The van der Waals surface area contributed by atoms with E-state index in [4.69, 9.17) is 0 Å². The van der Waals surface area contributed by atoms with Gasteiger partial charge in [0.25, 0.3) is 0 Å². The van der Waals surface area contributed by atoms with Crippen molar-refractivity contribution in [2.75, 3.05) is 0 Å². The van der Waals surface area contributed by atoms with Crippen molar-refractivity contribution in [2.24, 2.45) is 7.05 Å². The number of nitrogens with zero attached hydrogens (tertiary/aromatic N) is 2. The van der Waals surface area contributed by atoms with E-state index in [1.165, 1.54) is 29.7 Å². The summed E-state index contributed by atoms with van der Waals surface area (Å²) in [5.74, 6) is 0.740. The Labute approximate surface area is 114 Å². The number of hydrogen-bond donors (Lipinski definition) is 1. The molecule has 0 amide bonds. The van der Waals surface area contributed by atoms with Crippen LogP contribution < -0.4 is 5.32 Å². The van der Waals surface area contributed by atoms with E-state index in [9.17, 15) is 0 Å². The first-order chi connectivity index (χ1) is 9.22. The molecule has 1 aliphatic carbocycles. The molecule has 3 heteroatoms. The van der Waals surface area contributed by atoms with Gasteiger partial charge >= 0.3 is 0 Å². The maximum Gasteiger partial charge on any atom is 0.0518 e. The van der Waals surface area contributed by atoms with Gasteiger partial charge in [-0.25, -0.2) is 0 Å². The molecule has 0 bridgehead atoms. The maximum absolute atomic E-state index is 4.19. The number of benzene rings is 1. The Morgan fingerprint density at radius 2 is 1.95 bits per heavy atom. The minimum atomic E-state index is 0.654. The fraction of sp³-hybridized carbons (Fsp3) is 0.438. The van der Waals surface area contributed by atoms with Crippen LogP contribution in [0.3, 0.4) is 0 Å². The first-order valence-corrected chi connectivity index (χ1v) is 6.99. The normalized spacial score (nSPS) is 22.2. The van der Waals surface area contributed by atoms with Gasteiger partial charge in [0.15, 0.2) is 0 Å². The van der Waals surface area contributed by atoms with Crippen molar-refractivity contribution >= 4 is 0 Å². The minimum Gasteiger partial charge on any atom is -0.308 e. The van der Waals surface area contributed by atoms with Crippen molar-refractivity contribution in [3.8, 4) is 0 Å². The summed E-state index contributed by atoms with van der Waals surface area (Å²) in [4.78, 5) is 0. The van der Waals surface area contributed by atoms with E-state index in [0.29, 0.717) is 6.04 Å². The van der Waals surface area contributed by atoms with Gasteiger partial charge in [0.1, 0.15) is 0 Å². The van der Waals surface area contributed by atoms with Gasteiger partial charge < -0.3 is 5.32 Å². The molecule has 0 unspecified atom stereocenters. The maximum atomic E-state index is 4.19. The predicted octanol–water partition coefficient (Wildman–Crippen LogP) is 2.76. The van der Waals surface area contributed by atoms with Crippen LogP contribution in [0, 0.1) is 6.92 Å². The van der Waals surface area contributed by atoms with Crippen molar-refractivity contribution in [1.82, 2.24) is 15.1 Å². The molecule has 3 nitrogen and oxygen atoms in total. The SMILES string of the molecule is Cc1ccc(C2CC(NCc3ccnn3C)C2)cc1. The van der Waals surface area contributed by atoms with Crippen LogP contribution in [0.25, 0.3) is 0 Å². The Balaban J connectivity index is 1.48. The average Bonchev–Trinajstić information content (AvgIpc) is 2.75. The van der Waals surface area contributed by atoms with E-state index in [1.807, 2.05) is 17.9 Å². The van der Waals surface area contributed by atoms with Crippen LogP contribution >= 0.6 is 0 Å². The summed E-state index contributed by atoms with van der Waals surface area (Å²) in [6.45, 7) is 3.06. The molecule has 0 atom stereocenters. The van der Waals surface area contributed by atoms with Crippen LogP contribution in [0.15, 0.2) is 36.5 Å². The van der Waals surface area contributed by atoms with Crippen molar-refractivity contribution in [3.63, 3.8) is 0 Å². The number of hydrogen-bond acceptors (Lipinski definition) is 2. The van der Waals surface area contributed by atoms with Crippen LogP contribution in [-0.2, 0) is 13.6 Å². The molecule has 100 valence electrons. The molecule has 0 saturated heterocycles. The third kappa shape index (κ3) is 2.71. The molecule has 1 aromatic heterocycles. The van der Waals surface area contributed by atoms with Crippen molar-refractivity contribution in [2.45, 2.75) is 38.3 Å². The second kappa shape index (κ2) is 5.17. The van der Waals surface area contributed by atoms with Gasteiger partial charge in [-0.05, 0) is 37.3 Å². The largest absolute Gasteiger partial charge is 0.308 e. The highest BCUT2D eigenvalue weighted by molar-refractivity contribution is 5.26. The lowest BCUT2D eigenvalue weighted by molar-refractivity contribution is 0.287. The number of aryl methyl sites for hydroxylation is 2. The zero-order valence-corrected chi connectivity index (χ0v) is 11.6. The lowest BCUT2D eigenvalue weighted by Gasteiger charge is -2.36. The van der Waals surface area contributed by atoms with Gasteiger partial charge in [-0.3, -0.25) is 4.68 Å². The van der Waals surface area contributed by atoms with Gasteiger partial charge in [0, 0.05) is 25.8 Å². The Bertz CT molecular complexity index is 535. The second-order valence-corrected chi connectivity index (χ2v) is 5.60. The Morgan fingerprint density at radius 1 is 1.21 bits per heavy atom. The third-order valence-electron chi connectivity index (χ3n) is 4.18. The summed E-state index contributed by atoms with van der Waals surface area (Å²) in [7, 11) is 1.99. The molecular formula is C16H21N3. The van der Waals surface area contributed by atoms with Crippen molar-refractivity contribution in [3.05, 3.63) is 53.3 Å². The molecule has 1 heterocycles. The summed E-state index contributed by atoms with van der Waals surface area (Å²) < 4.78 is 1.93. The Kier molecular flexibility index (Phi) is 3.38. The lowest BCUT2D eigenvalue weighted by atomic mass is 9.76. The van der Waals surface area contributed by atoms with E-state index in [-0.39, 0.29) is 0 Å². The molecule has 19 heavy (non-hydrogen) atoms. The van der Waals surface area contributed by atoms with Crippen molar-refractivity contribution < 1.29 is 0 Å². The van der Waals surface area contributed by atoms with Crippen LogP contribution in [0.5, 0.6) is 0 Å². The van der Waals surface area contributed by atoms with Gasteiger partial charge in [0.05, 0.1) is 5.69 Å². The zero-order valence-electron chi connectivity index (χ0n) is 11.6. The smallest absolute Gasteiger partial charge is 0.0518 e. The Hall–Kier alpha value is -1.61. The quantitative estimate of drug-likeness (QED) is 0.910. The molecule has 0 aliphatic heterocycles. The van der Waals surface area contributed by atoms with Crippen molar-refractivity contribution in [1.29, 1.82) is 0 Å². The highest BCUT2D eigenvalue weighted by Crippen LogP contribution is 2.36. The lowest BCUT2D eigenvalue weighted by Crippen LogP contribution is -2.39. The minimum absolute atomic E-state index is 0.654. The predicted molar refractivity (Wildman–Crippen MR) is 77.0 cm³/mol. The molecule has 1 aliphatic rings. The topological polar surface area (TPSA) is 29.9 Å². The summed E-state index contributed by atoms with van der Waals surface area (Å²) in [6.07, 6.45) is 4.36. The van der Waals surface area contributed by atoms with Crippen LogP contribution in [0.2, 0.25) is 0 Å². The van der Waals surface area contributed by atoms with Gasteiger partial charge in [-0.15, -0.1) is 0 Å². The number of rotatable bonds is 4. The summed E-state index contributed by atoms with van der Waals surface area (Å²) >= 11 is 0. The molecule has 1 N–H and O–H groups in total. The van der Waals surface area contributed by atoms with E-state index >= 15 is 0 Å². The molecule has 0 spiro atoms. The molecular weight excluding hydrogens is 234 g/mol. The van der Waals surface area contributed by atoms with Gasteiger partial charge in [0.2, 0.25) is 0 Å². The zero-order chi connectivity index (χ0) is 13.2. The highest BCUT2D eigenvalue weighted by atomic mass is 15.3. The number of aromatic nitrogens is 2. The van der Waals surface area contributed by atoms with E-state index in [2.05, 4.69) is 47.7 Å². The van der Waals surface area contributed by atoms with Crippen LogP contribution in [0.4, 0.5) is 0 Å². The Morgan fingerprint density at radius 3 is 2.58 bits per heavy atom. The third-order valence-corrected chi connectivity index (χ3v) is 4.18. The first kappa shape index (κ1) is 12.4. The fourth-order valence-electron chi connectivity index (χ4n) is 2.72. The molecule has 1 aromatic carbocycles. The fourth-order valence-corrected chi connectivity index (χ4v) is 2.72. The average molecular weight is 255 g/mol.